The largest absolute Gasteiger partial charge is 0.387 e. The van der Waals surface area contributed by atoms with Crippen molar-refractivity contribution in [3.8, 4) is 0 Å². The minimum absolute atomic E-state index is 0.533. The number of aromatic amines is 1. The molecule has 2 saturated heterocycles. The zero-order valence-corrected chi connectivity index (χ0v) is 11.5. The van der Waals surface area contributed by atoms with Crippen molar-refractivity contribution in [2.24, 2.45) is 0 Å². The molecule has 5 nitrogen and oxygen atoms in total. The Morgan fingerprint density at radius 2 is 2.00 bits per heavy atom. The highest BCUT2D eigenvalue weighted by molar-refractivity contribution is 4.94. The Hall–Kier alpha value is -0.910. The maximum absolute atomic E-state index is 10.8. The fraction of sp³-hybridized carbons (Fsp3) is 0.786. The van der Waals surface area contributed by atoms with Gasteiger partial charge in [-0.25, -0.2) is 4.98 Å². The van der Waals surface area contributed by atoms with Gasteiger partial charge in [0, 0.05) is 25.5 Å². The number of likely N-dealkylation sites (tertiary alicyclic amines) is 2. The average molecular weight is 264 g/mol. The van der Waals surface area contributed by atoms with Gasteiger partial charge < -0.3 is 15.0 Å². The van der Waals surface area contributed by atoms with Crippen LogP contribution in [0.3, 0.4) is 0 Å². The zero-order chi connectivity index (χ0) is 13.1. The monoisotopic (exact) mass is 264 g/mol. The molecule has 2 N–H and O–H groups in total. The number of H-pyrrole nitrogens is 1. The minimum atomic E-state index is -0.533. The average Bonchev–Trinajstić information content (AvgIpc) is 3.02. The smallest absolute Gasteiger partial charge is 0.120 e. The summed E-state index contributed by atoms with van der Waals surface area (Å²) in [4.78, 5) is 12.1. The van der Waals surface area contributed by atoms with Gasteiger partial charge in [-0.2, -0.15) is 0 Å². The fourth-order valence-corrected chi connectivity index (χ4v) is 3.42. The topological polar surface area (TPSA) is 55.4 Å². The van der Waals surface area contributed by atoms with Crippen molar-refractivity contribution in [1.29, 1.82) is 0 Å². The van der Waals surface area contributed by atoms with Crippen LogP contribution in [0, 0.1) is 0 Å². The summed E-state index contributed by atoms with van der Waals surface area (Å²) < 4.78 is 0. The molecule has 0 bridgehead atoms. The van der Waals surface area contributed by atoms with E-state index in [9.17, 15) is 5.11 Å². The van der Waals surface area contributed by atoms with E-state index in [0.29, 0.717) is 0 Å². The predicted octanol–water partition coefficient (Wildman–Crippen LogP) is 0.832. The molecule has 1 aromatic heterocycles. The first-order valence-electron chi connectivity index (χ1n) is 7.39. The van der Waals surface area contributed by atoms with Gasteiger partial charge in [0.15, 0.2) is 0 Å². The first-order chi connectivity index (χ1) is 9.23. The molecule has 0 aromatic carbocycles. The first-order valence-corrected chi connectivity index (χ1v) is 7.39. The molecular formula is C14H24N4O. The summed E-state index contributed by atoms with van der Waals surface area (Å²) in [5.74, 6) is 0.991. The van der Waals surface area contributed by atoms with Gasteiger partial charge in [-0.3, -0.25) is 4.90 Å². The summed E-state index contributed by atoms with van der Waals surface area (Å²) in [6, 6.07) is 0. The summed E-state index contributed by atoms with van der Waals surface area (Å²) in [6.45, 7) is 5.78. The maximum atomic E-state index is 10.8. The molecule has 19 heavy (non-hydrogen) atoms. The van der Waals surface area contributed by atoms with Crippen molar-refractivity contribution in [3.63, 3.8) is 0 Å². The second-order valence-electron chi connectivity index (χ2n) is 6.06. The Morgan fingerprint density at radius 1 is 1.21 bits per heavy atom. The van der Waals surface area contributed by atoms with Crippen LogP contribution < -0.4 is 0 Å². The Balaban J connectivity index is 1.56. The number of nitrogens with one attached hydrogen (secondary N) is 1. The number of aromatic nitrogens is 2. The molecule has 0 saturated carbocycles. The minimum Gasteiger partial charge on any atom is -0.387 e. The quantitative estimate of drug-likeness (QED) is 0.846. The van der Waals surface area contributed by atoms with Crippen molar-refractivity contribution in [1.82, 2.24) is 19.8 Å². The van der Waals surface area contributed by atoms with E-state index in [4.69, 9.17) is 0 Å². The van der Waals surface area contributed by atoms with Gasteiger partial charge in [-0.05, 0) is 45.3 Å². The molecule has 2 aliphatic rings. The van der Waals surface area contributed by atoms with Crippen LogP contribution in [0.1, 0.15) is 31.5 Å². The van der Waals surface area contributed by atoms with E-state index in [0.717, 1.165) is 57.9 Å². The Bertz CT molecular complexity index is 388. The van der Waals surface area contributed by atoms with E-state index < -0.39 is 5.60 Å². The second-order valence-corrected chi connectivity index (χ2v) is 6.06. The molecule has 0 spiro atoms. The zero-order valence-electron chi connectivity index (χ0n) is 11.5. The summed E-state index contributed by atoms with van der Waals surface area (Å²) in [5, 5.41) is 10.8. The standard InChI is InChI=1S/C14H24N4O/c19-14(11-17-7-1-2-8-17)4-3-9-18(12-14)10-13-15-5-6-16-13/h5-6,19H,1-4,7-12H2,(H,15,16)/t14-/m1/s1. The van der Waals surface area contributed by atoms with Crippen LogP contribution in [-0.2, 0) is 6.54 Å². The molecular weight excluding hydrogens is 240 g/mol. The number of hydrogen-bond acceptors (Lipinski definition) is 4. The van der Waals surface area contributed by atoms with Gasteiger partial charge >= 0.3 is 0 Å². The van der Waals surface area contributed by atoms with Crippen LogP contribution in [0.5, 0.6) is 0 Å². The summed E-state index contributed by atoms with van der Waals surface area (Å²) >= 11 is 0. The lowest BCUT2D eigenvalue weighted by molar-refractivity contribution is -0.0524. The summed E-state index contributed by atoms with van der Waals surface area (Å²) in [5.41, 5.74) is -0.533. The van der Waals surface area contributed by atoms with Crippen LogP contribution in [0.2, 0.25) is 0 Å². The highest BCUT2D eigenvalue weighted by Crippen LogP contribution is 2.24. The van der Waals surface area contributed by atoms with Gasteiger partial charge in [-0.1, -0.05) is 0 Å². The third-order valence-corrected chi connectivity index (χ3v) is 4.28. The van der Waals surface area contributed by atoms with Gasteiger partial charge in [-0.15, -0.1) is 0 Å². The van der Waals surface area contributed by atoms with Gasteiger partial charge in [0.05, 0.1) is 12.1 Å². The molecule has 5 heteroatoms. The van der Waals surface area contributed by atoms with Crippen molar-refractivity contribution in [2.45, 2.75) is 37.8 Å². The molecule has 2 aliphatic heterocycles. The maximum Gasteiger partial charge on any atom is 0.120 e. The molecule has 3 heterocycles. The highest BCUT2D eigenvalue weighted by atomic mass is 16.3. The third-order valence-electron chi connectivity index (χ3n) is 4.28. The lowest BCUT2D eigenvalue weighted by Gasteiger charge is -2.41. The Morgan fingerprint density at radius 3 is 2.74 bits per heavy atom. The van der Waals surface area contributed by atoms with Crippen LogP contribution in [0.4, 0.5) is 0 Å². The lowest BCUT2D eigenvalue weighted by Crippen LogP contribution is -2.53. The summed E-state index contributed by atoms with van der Waals surface area (Å²) in [7, 11) is 0. The normalized spacial score (nSPS) is 29.9. The van der Waals surface area contributed by atoms with Gasteiger partial charge in [0.25, 0.3) is 0 Å². The van der Waals surface area contributed by atoms with E-state index in [1.165, 1.54) is 12.8 Å². The van der Waals surface area contributed by atoms with Crippen molar-refractivity contribution < 1.29 is 5.11 Å². The molecule has 1 aromatic rings. The number of aliphatic hydroxyl groups is 1. The van der Waals surface area contributed by atoms with E-state index in [2.05, 4.69) is 19.8 Å². The molecule has 1 atom stereocenters. The van der Waals surface area contributed by atoms with Crippen LogP contribution >= 0.6 is 0 Å². The van der Waals surface area contributed by atoms with E-state index >= 15 is 0 Å². The van der Waals surface area contributed by atoms with Crippen LogP contribution in [-0.4, -0.2) is 63.2 Å². The highest BCUT2D eigenvalue weighted by Gasteiger charge is 2.35. The van der Waals surface area contributed by atoms with Gasteiger partial charge in [0.2, 0.25) is 0 Å². The van der Waals surface area contributed by atoms with Crippen molar-refractivity contribution in [2.75, 3.05) is 32.7 Å². The fourth-order valence-electron chi connectivity index (χ4n) is 3.42. The Kier molecular flexibility index (Phi) is 3.86. The first kappa shape index (κ1) is 13.1. The number of β-amino-alcohol motifs (C(OH)–C–C–N with tert-alkyl or cyclic N) is 1. The number of rotatable bonds is 4. The summed E-state index contributed by atoms with van der Waals surface area (Å²) in [6.07, 6.45) is 8.22. The van der Waals surface area contributed by atoms with E-state index in [-0.39, 0.29) is 0 Å². The number of piperidine rings is 1. The molecule has 0 aliphatic carbocycles. The number of nitrogens with zero attached hydrogens (tertiary/aromatic N) is 3. The lowest BCUT2D eigenvalue weighted by atomic mass is 9.92. The van der Waals surface area contributed by atoms with Crippen LogP contribution in [0.15, 0.2) is 12.4 Å². The number of imidazole rings is 1. The molecule has 106 valence electrons. The molecule has 0 unspecified atom stereocenters. The van der Waals surface area contributed by atoms with Gasteiger partial charge in [0.1, 0.15) is 5.82 Å². The van der Waals surface area contributed by atoms with Crippen molar-refractivity contribution in [3.05, 3.63) is 18.2 Å². The van der Waals surface area contributed by atoms with E-state index in [1.54, 1.807) is 6.20 Å². The molecule has 2 fully saturated rings. The molecule has 0 amide bonds. The number of hydrogen-bond donors (Lipinski definition) is 2. The van der Waals surface area contributed by atoms with E-state index in [1.807, 2.05) is 6.20 Å². The van der Waals surface area contributed by atoms with Crippen molar-refractivity contribution >= 4 is 0 Å². The third kappa shape index (κ3) is 3.35. The SMILES string of the molecule is O[C@@]1(CN2CCCC2)CCCN(Cc2ncc[nH]2)C1. The Labute approximate surface area is 114 Å². The van der Waals surface area contributed by atoms with Crippen LogP contribution in [0.25, 0.3) is 0 Å². The molecule has 0 radical (unpaired) electrons. The predicted molar refractivity (Wildman–Crippen MR) is 73.7 cm³/mol. The molecule has 3 rings (SSSR count). The second kappa shape index (κ2) is 5.61.